The van der Waals surface area contributed by atoms with Gasteiger partial charge in [0, 0.05) is 12.3 Å². The summed E-state index contributed by atoms with van der Waals surface area (Å²) in [6, 6.07) is 17.3. The quantitative estimate of drug-likeness (QED) is 0.885. The average molecular weight is 283 g/mol. The van der Waals surface area contributed by atoms with Crippen molar-refractivity contribution >= 4 is 11.6 Å². The molecule has 0 spiro atoms. The lowest BCUT2D eigenvalue weighted by molar-refractivity contribution is -0.120. The van der Waals surface area contributed by atoms with Gasteiger partial charge in [-0.05, 0) is 43.5 Å². The first-order chi connectivity index (χ1) is 10.0. The summed E-state index contributed by atoms with van der Waals surface area (Å²) in [4.78, 5) is 12.5. The third kappa shape index (κ3) is 3.70. The Kier molecular flexibility index (Phi) is 4.76. The number of hydrogen-bond donors (Lipinski definition) is 2. The summed E-state index contributed by atoms with van der Waals surface area (Å²) in [6.07, 6.45) is 0.629. The van der Waals surface area contributed by atoms with Crippen molar-refractivity contribution in [3.05, 3.63) is 65.7 Å². The first kappa shape index (κ1) is 15.3. The molecule has 0 radical (unpaired) electrons. The van der Waals surface area contributed by atoms with Crippen LogP contribution in [0.2, 0.25) is 0 Å². The number of carbonyl (C=O) groups is 1. The average Bonchev–Trinajstić information content (AvgIpc) is 2.50. The molecule has 0 atom stereocenters. The van der Waals surface area contributed by atoms with E-state index in [1.165, 1.54) is 0 Å². The molecular weight excluding hydrogens is 262 g/mol. The molecule has 0 saturated heterocycles. The van der Waals surface area contributed by atoms with Crippen LogP contribution in [0, 0.1) is 0 Å². The van der Waals surface area contributed by atoms with Crippen LogP contribution in [-0.4, -0.2) is 17.6 Å². The molecule has 0 aliphatic heterocycles. The zero-order valence-corrected chi connectivity index (χ0v) is 12.5. The van der Waals surface area contributed by atoms with E-state index >= 15 is 0 Å². The van der Waals surface area contributed by atoms with Gasteiger partial charge < -0.3 is 10.4 Å². The number of nitrogens with one attached hydrogen (secondary N) is 1. The fourth-order valence-corrected chi connectivity index (χ4v) is 2.16. The molecular formula is C18H21NO2. The molecule has 0 aliphatic carbocycles. The summed E-state index contributed by atoms with van der Waals surface area (Å²) in [5.74, 6) is -0.0383. The van der Waals surface area contributed by atoms with Gasteiger partial charge in [-0.15, -0.1) is 0 Å². The van der Waals surface area contributed by atoms with Gasteiger partial charge >= 0.3 is 0 Å². The molecule has 2 N–H and O–H groups in total. The van der Waals surface area contributed by atoms with E-state index in [0.29, 0.717) is 6.42 Å². The number of aliphatic hydroxyl groups excluding tert-OH is 1. The van der Waals surface area contributed by atoms with E-state index < -0.39 is 5.41 Å². The maximum absolute atomic E-state index is 12.5. The lowest BCUT2D eigenvalue weighted by atomic mass is 9.83. The summed E-state index contributed by atoms with van der Waals surface area (Å²) in [5.41, 5.74) is 2.22. The van der Waals surface area contributed by atoms with Crippen molar-refractivity contribution in [1.29, 1.82) is 0 Å². The first-order valence-electron chi connectivity index (χ1n) is 7.11. The largest absolute Gasteiger partial charge is 0.396 e. The number of carbonyl (C=O) groups excluding carboxylic acids is 1. The zero-order chi connectivity index (χ0) is 15.3. The van der Waals surface area contributed by atoms with Gasteiger partial charge in [-0.25, -0.2) is 0 Å². The van der Waals surface area contributed by atoms with Crippen molar-refractivity contribution in [2.75, 3.05) is 11.9 Å². The molecule has 0 aromatic heterocycles. The van der Waals surface area contributed by atoms with E-state index in [-0.39, 0.29) is 12.5 Å². The topological polar surface area (TPSA) is 49.3 Å². The van der Waals surface area contributed by atoms with Gasteiger partial charge in [0.15, 0.2) is 0 Å². The number of amides is 1. The van der Waals surface area contributed by atoms with Gasteiger partial charge in [-0.1, -0.05) is 42.5 Å². The third-order valence-corrected chi connectivity index (χ3v) is 3.68. The van der Waals surface area contributed by atoms with Crippen molar-refractivity contribution in [2.45, 2.75) is 25.7 Å². The van der Waals surface area contributed by atoms with Gasteiger partial charge in [0.2, 0.25) is 5.91 Å². The smallest absolute Gasteiger partial charge is 0.234 e. The number of hydrogen-bond acceptors (Lipinski definition) is 2. The van der Waals surface area contributed by atoms with E-state index in [2.05, 4.69) is 5.32 Å². The van der Waals surface area contributed by atoms with Crippen LogP contribution in [0.15, 0.2) is 54.6 Å². The molecule has 1 amide bonds. The molecule has 2 aromatic carbocycles. The van der Waals surface area contributed by atoms with E-state index in [1.54, 1.807) is 0 Å². The van der Waals surface area contributed by atoms with Gasteiger partial charge in [0.05, 0.1) is 5.41 Å². The minimum Gasteiger partial charge on any atom is -0.396 e. The maximum atomic E-state index is 12.5. The highest BCUT2D eigenvalue weighted by molar-refractivity contribution is 5.98. The van der Waals surface area contributed by atoms with Crippen LogP contribution in [0.4, 0.5) is 5.69 Å². The second-order valence-electron chi connectivity index (χ2n) is 5.62. The monoisotopic (exact) mass is 283 g/mol. The third-order valence-electron chi connectivity index (χ3n) is 3.68. The fourth-order valence-electron chi connectivity index (χ4n) is 2.16. The molecule has 3 nitrogen and oxygen atoms in total. The number of rotatable bonds is 5. The highest BCUT2D eigenvalue weighted by Gasteiger charge is 2.29. The molecule has 21 heavy (non-hydrogen) atoms. The Balaban J connectivity index is 2.10. The second-order valence-corrected chi connectivity index (χ2v) is 5.62. The Hall–Kier alpha value is -2.13. The highest BCUT2D eigenvalue weighted by atomic mass is 16.2. The molecule has 2 aromatic rings. The van der Waals surface area contributed by atoms with Crippen molar-refractivity contribution in [2.24, 2.45) is 0 Å². The molecule has 0 aliphatic rings. The number of aliphatic hydroxyl groups is 1. The lowest BCUT2D eigenvalue weighted by Gasteiger charge is -2.24. The minimum absolute atomic E-state index is 0.0383. The summed E-state index contributed by atoms with van der Waals surface area (Å²) < 4.78 is 0. The van der Waals surface area contributed by atoms with Crippen molar-refractivity contribution in [3.63, 3.8) is 0 Å². The number of anilines is 1. The molecule has 3 heteroatoms. The Morgan fingerprint density at radius 3 is 2.24 bits per heavy atom. The fraction of sp³-hybridized carbons (Fsp3) is 0.278. The van der Waals surface area contributed by atoms with Crippen LogP contribution in [0.25, 0.3) is 0 Å². The number of benzene rings is 2. The molecule has 2 rings (SSSR count). The lowest BCUT2D eigenvalue weighted by Crippen LogP contribution is -2.34. The van der Waals surface area contributed by atoms with Gasteiger partial charge in [0.1, 0.15) is 0 Å². The van der Waals surface area contributed by atoms with Crippen LogP contribution in [0.1, 0.15) is 25.0 Å². The van der Waals surface area contributed by atoms with Crippen LogP contribution in [0.3, 0.4) is 0 Å². The summed E-state index contributed by atoms with van der Waals surface area (Å²) in [5, 5.41) is 11.8. The molecule has 110 valence electrons. The first-order valence-corrected chi connectivity index (χ1v) is 7.11. The Morgan fingerprint density at radius 1 is 1.05 bits per heavy atom. The molecule has 0 heterocycles. The molecule has 0 fully saturated rings. The van der Waals surface area contributed by atoms with Crippen molar-refractivity contribution < 1.29 is 9.90 Å². The zero-order valence-electron chi connectivity index (χ0n) is 12.5. The summed E-state index contributed by atoms with van der Waals surface area (Å²) in [6.45, 7) is 3.96. The van der Waals surface area contributed by atoms with E-state index in [4.69, 9.17) is 5.11 Å². The Morgan fingerprint density at radius 2 is 1.67 bits per heavy atom. The van der Waals surface area contributed by atoms with Gasteiger partial charge in [-0.3, -0.25) is 4.79 Å². The molecule has 0 saturated carbocycles. The molecule has 0 bridgehead atoms. The van der Waals surface area contributed by atoms with Crippen molar-refractivity contribution in [1.82, 2.24) is 0 Å². The van der Waals surface area contributed by atoms with E-state index in [0.717, 1.165) is 16.8 Å². The van der Waals surface area contributed by atoms with Crippen LogP contribution in [0.5, 0.6) is 0 Å². The Bertz CT molecular complexity index is 588. The molecule has 0 unspecified atom stereocenters. The normalized spacial score (nSPS) is 11.2. The van der Waals surface area contributed by atoms with E-state index in [9.17, 15) is 4.79 Å². The predicted molar refractivity (Wildman–Crippen MR) is 85.3 cm³/mol. The Labute approximate surface area is 125 Å². The van der Waals surface area contributed by atoms with Crippen molar-refractivity contribution in [3.8, 4) is 0 Å². The van der Waals surface area contributed by atoms with Gasteiger partial charge in [-0.2, -0.15) is 0 Å². The van der Waals surface area contributed by atoms with Gasteiger partial charge in [0.25, 0.3) is 0 Å². The second kappa shape index (κ2) is 6.55. The predicted octanol–water partition coefficient (Wildman–Crippen LogP) is 3.14. The standard InChI is InChI=1S/C18H21NO2/c1-18(2,15-6-4-3-5-7-15)17(21)19-16-10-8-14(9-11-16)12-13-20/h3-11,20H,12-13H2,1-2H3,(H,19,21). The summed E-state index contributed by atoms with van der Waals surface area (Å²) in [7, 11) is 0. The van der Waals surface area contributed by atoms with Crippen LogP contribution >= 0.6 is 0 Å². The van der Waals surface area contributed by atoms with Crippen LogP contribution < -0.4 is 5.32 Å². The SMILES string of the molecule is CC(C)(C(=O)Nc1ccc(CCO)cc1)c1ccccc1. The highest BCUT2D eigenvalue weighted by Crippen LogP contribution is 2.25. The van der Waals surface area contributed by atoms with Crippen LogP contribution in [-0.2, 0) is 16.6 Å². The minimum atomic E-state index is -0.592. The maximum Gasteiger partial charge on any atom is 0.234 e. The summed E-state index contributed by atoms with van der Waals surface area (Å²) >= 11 is 0. The van der Waals surface area contributed by atoms with E-state index in [1.807, 2.05) is 68.4 Å².